The van der Waals surface area contributed by atoms with Crippen molar-refractivity contribution < 1.29 is 5.11 Å². The average Bonchev–Trinajstić information content (AvgIpc) is 3.21. The minimum atomic E-state index is -0.367. The number of nitrogens with zero attached hydrogens (tertiary/aromatic N) is 4. The Morgan fingerprint density at radius 1 is 1.09 bits per heavy atom. The van der Waals surface area contributed by atoms with Gasteiger partial charge in [-0.2, -0.15) is 0 Å². The fourth-order valence-corrected chi connectivity index (χ4v) is 6.30. The van der Waals surface area contributed by atoms with E-state index >= 15 is 0 Å². The second-order valence-corrected chi connectivity index (χ2v) is 10.7. The number of benzene rings is 1. The Labute approximate surface area is 196 Å². The zero-order valence-corrected chi connectivity index (χ0v) is 19.9. The Bertz CT molecular complexity index is 873. The van der Waals surface area contributed by atoms with Gasteiger partial charge in [0.15, 0.2) is 0 Å². The van der Waals surface area contributed by atoms with Gasteiger partial charge in [-0.15, -0.1) is 11.3 Å². The lowest BCUT2D eigenvalue weighted by Gasteiger charge is -2.44. The number of β-amino-alcohol motifs (C(OH)–C–C–N with tert-alkyl or cyclic N) is 1. The van der Waals surface area contributed by atoms with Gasteiger partial charge in [0.05, 0.1) is 5.69 Å². The number of hydrogen-bond donors (Lipinski definition) is 2. The predicted molar refractivity (Wildman–Crippen MR) is 131 cm³/mol. The van der Waals surface area contributed by atoms with Crippen molar-refractivity contribution in [1.82, 2.24) is 19.7 Å². The second-order valence-electron chi connectivity index (χ2n) is 9.60. The topological polar surface area (TPSA) is 68.9 Å². The molecule has 2 aromatic rings. The van der Waals surface area contributed by atoms with E-state index in [-0.39, 0.29) is 6.23 Å². The smallest absolute Gasteiger partial charge is 0.123 e. The van der Waals surface area contributed by atoms with Gasteiger partial charge in [0, 0.05) is 68.7 Å². The Morgan fingerprint density at radius 3 is 2.56 bits per heavy atom. The number of fused-ring (bicyclic) bond motifs is 1. The number of rotatable bonds is 8. The van der Waals surface area contributed by atoms with E-state index in [1.165, 1.54) is 41.0 Å². The standard InChI is InChI=1S/C25H37N5OS/c26-11-2-3-19-6-8-20(9-7-19)25-27-22-10-12-28(17-23(22)32-25)18-24(31)30-15-13-29(14-16-30)21-4-1-5-21/h6-9,21,24,31H,1-5,10-18,26H2. The highest BCUT2D eigenvalue weighted by molar-refractivity contribution is 7.15. The molecule has 1 saturated heterocycles. The minimum absolute atomic E-state index is 0.367. The van der Waals surface area contributed by atoms with Gasteiger partial charge in [0.2, 0.25) is 0 Å². The van der Waals surface area contributed by atoms with Crippen molar-refractivity contribution in [3.8, 4) is 10.6 Å². The van der Waals surface area contributed by atoms with Gasteiger partial charge < -0.3 is 10.8 Å². The Morgan fingerprint density at radius 2 is 1.88 bits per heavy atom. The quantitative estimate of drug-likeness (QED) is 0.638. The molecule has 1 aliphatic carbocycles. The van der Waals surface area contributed by atoms with Crippen LogP contribution in [0, 0.1) is 0 Å². The highest BCUT2D eigenvalue weighted by Crippen LogP contribution is 2.32. The van der Waals surface area contributed by atoms with Crippen LogP contribution in [0.4, 0.5) is 0 Å². The number of aliphatic hydroxyl groups is 1. The van der Waals surface area contributed by atoms with Gasteiger partial charge in [-0.05, 0) is 37.8 Å². The van der Waals surface area contributed by atoms with Gasteiger partial charge in [-0.1, -0.05) is 30.7 Å². The molecule has 2 aliphatic heterocycles. The zero-order chi connectivity index (χ0) is 21.9. The zero-order valence-electron chi connectivity index (χ0n) is 19.1. The number of aryl methyl sites for hydroxylation is 1. The van der Waals surface area contributed by atoms with E-state index in [1.54, 1.807) is 0 Å². The minimum Gasteiger partial charge on any atom is -0.377 e. The molecule has 3 aliphatic rings. The molecule has 1 aromatic heterocycles. The fraction of sp³-hybridized carbons (Fsp3) is 0.640. The molecular formula is C25H37N5OS. The molecular weight excluding hydrogens is 418 g/mol. The summed E-state index contributed by atoms with van der Waals surface area (Å²) in [7, 11) is 0. The Kier molecular flexibility index (Phi) is 7.21. The second kappa shape index (κ2) is 10.3. The summed E-state index contributed by atoms with van der Waals surface area (Å²) >= 11 is 1.82. The lowest BCUT2D eigenvalue weighted by Crippen LogP contribution is -2.56. The molecule has 0 spiro atoms. The number of hydrogen-bond acceptors (Lipinski definition) is 7. The van der Waals surface area contributed by atoms with Crippen LogP contribution in [0.2, 0.25) is 0 Å². The largest absolute Gasteiger partial charge is 0.377 e. The number of thiazole rings is 1. The molecule has 1 aromatic carbocycles. The van der Waals surface area contributed by atoms with Crippen LogP contribution in [-0.4, -0.2) is 82.9 Å². The van der Waals surface area contributed by atoms with Gasteiger partial charge in [-0.25, -0.2) is 4.98 Å². The van der Waals surface area contributed by atoms with Crippen LogP contribution in [-0.2, 0) is 19.4 Å². The normalized spacial score (nSPS) is 21.9. The van der Waals surface area contributed by atoms with Crippen LogP contribution in [0.5, 0.6) is 0 Å². The first kappa shape index (κ1) is 22.4. The third kappa shape index (κ3) is 5.08. The van der Waals surface area contributed by atoms with E-state index in [1.807, 2.05) is 11.3 Å². The molecule has 32 heavy (non-hydrogen) atoms. The van der Waals surface area contributed by atoms with Crippen molar-refractivity contribution in [2.24, 2.45) is 5.73 Å². The molecule has 1 saturated carbocycles. The third-order valence-electron chi connectivity index (χ3n) is 7.46. The van der Waals surface area contributed by atoms with Crippen molar-refractivity contribution in [2.45, 2.75) is 57.3 Å². The molecule has 174 valence electrons. The monoisotopic (exact) mass is 455 g/mol. The predicted octanol–water partition coefficient (Wildman–Crippen LogP) is 2.55. The molecule has 5 rings (SSSR count). The first-order chi connectivity index (χ1) is 15.7. The van der Waals surface area contributed by atoms with E-state index < -0.39 is 0 Å². The molecule has 1 atom stereocenters. The highest BCUT2D eigenvalue weighted by atomic mass is 32.1. The van der Waals surface area contributed by atoms with Crippen molar-refractivity contribution in [2.75, 3.05) is 45.8 Å². The van der Waals surface area contributed by atoms with Gasteiger partial charge in [0.25, 0.3) is 0 Å². The molecule has 3 N–H and O–H groups in total. The third-order valence-corrected chi connectivity index (χ3v) is 8.60. The molecule has 2 fully saturated rings. The summed E-state index contributed by atoms with van der Waals surface area (Å²) in [6.45, 7) is 7.54. The maximum Gasteiger partial charge on any atom is 0.123 e. The van der Waals surface area contributed by atoms with Crippen molar-refractivity contribution in [3.63, 3.8) is 0 Å². The van der Waals surface area contributed by atoms with E-state index in [0.29, 0.717) is 0 Å². The SMILES string of the molecule is NCCCc1ccc(-c2nc3c(s2)CN(CC(O)N2CCN(C4CCC4)CC2)CC3)cc1. The maximum absolute atomic E-state index is 10.9. The fourth-order valence-electron chi connectivity index (χ4n) is 5.15. The number of piperazine rings is 1. The summed E-state index contributed by atoms with van der Waals surface area (Å²) in [5.41, 5.74) is 9.42. The van der Waals surface area contributed by atoms with Crippen LogP contribution >= 0.6 is 11.3 Å². The summed E-state index contributed by atoms with van der Waals surface area (Å²) in [6.07, 6.45) is 6.81. The van der Waals surface area contributed by atoms with Crippen LogP contribution in [0.3, 0.4) is 0 Å². The van der Waals surface area contributed by atoms with E-state index in [9.17, 15) is 5.11 Å². The lowest BCUT2D eigenvalue weighted by molar-refractivity contribution is -0.0559. The Balaban J connectivity index is 1.14. The summed E-state index contributed by atoms with van der Waals surface area (Å²) < 4.78 is 0. The van der Waals surface area contributed by atoms with Crippen LogP contribution in [0.15, 0.2) is 24.3 Å². The number of nitrogens with two attached hydrogens (primary N) is 1. The lowest BCUT2D eigenvalue weighted by atomic mass is 9.91. The van der Waals surface area contributed by atoms with Crippen LogP contribution in [0.1, 0.15) is 41.8 Å². The van der Waals surface area contributed by atoms with Gasteiger partial charge in [0.1, 0.15) is 11.2 Å². The molecule has 3 heterocycles. The summed E-state index contributed by atoms with van der Waals surface area (Å²) in [6, 6.07) is 9.62. The van der Waals surface area contributed by atoms with Gasteiger partial charge in [-0.3, -0.25) is 14.7 Å². The van der Waals surface area contributed by atoms with Crippen molar-refractivity contribution in [3.05, 3.63) is 40.4 Å². The molecule has 0 radical (unpaired) electrons. The summed E-state index contributed by atoms with van der Waals surface area (Å²) in [5, 5.41) is 12.0. The summed E-state index contributed by atoms with van der Waals surface area (Å²) in [4.78, 5) is 13.6. The van der Waals surface area contributed by atoms with Crippen LogP contribution < -0.4 is 5.73 Å². The molecule has 6 nitrogen and oxygen atoms in total. The molecule has 7 heteroatoms. The average molecular weight is 456 g/mol. The molecule has 0 amide bonds. The summed E-state index contributed by atoms with van der Waals surface area (Å²) in [5.74, 6) is 0. The van der Waals surface area contributed by atoms with E-state index in [0.717, 1.165) is 82.7 Å². The van der Waals surface area contributed by atoms with E-state index in [2.05, 4.69) is 39.0 Å². The van der Waals surface area contributed by atoms with Gasteiger partial charge >= 0.3 is 0 Å². The van der Waals surface area contributed by atoms with Crippen molar-refractivity contribution >= 4 is 11.3 Å². The van der Waals surface area contributed by atoms with Crippen molar-refractivity contribution in [1.29, 1.82) is 0 Å². The first-order valence-corrected chi connectivity index (χ1v) is 13.2. The number of aliphatic hydroxyl groups excluding tert-OH is 1. The Hall–Kier alpha value is -1.35. The van der Waals surface area contributed by atoms with Crippen LogP contribution in [0.25, 0.3) is 10.6 Å². The maximum atomic E-state index is 10.9. The van der Waals surface area contributed by atoms with E-state index in [4.69, 9.17) is 10.7 Å². The number of aromatic nitrogens is 1. The molecule has 1 unspecified atom stereocenters. The molecule has 0 bridgehead atoms. The highest BCUT2D eigenvalue weighted by Gasteiger charge is 2.31. The first-order valence-electron chi connectivity index (χ1n) is 12.4.